The molecule has 2 fully saturated rings. The lowest BCUT2D eigenvalue weighted by molar-refractivity contribution is 0.0322. The smallest absolute Gasteiger partial charge is 0.229 e. The molecule has 2 aliphatic rings. The van der Waals surface area contributed by atoms with Crippen LogP contribution in [0.2, 0.25) is 0 Å². The molecular weight excluding hydrogens is 230 g/mol. The molecule has 0 spiro atoms. The van der Waals surface area contributed by atoms with Gasteiger partial charge in [-0.15, -0.1) is 0 Å². The molecule has 0 radical (unpaired) electrons. The van der Waals surface area contributed by atoms with Gasteiger partial charge in [0.1, 0.15) is 0 Å². The first kappa shape index (κ1) is 12.1. The molecule has 5 nitrogen and oxygen atoms in total. The average Bonchev–Trinajstić information content (AvgIpc) is 2.93. The minimum absolute atomic E-state index is 0.258. The van der Waals surface area contributed by atoms with E-state index < -0.39 is 0 Å². The van der Waals surface area contributed by atoms with Gasteiger partial charge in [-0.3, -0.25) is 4.90 Å². The largest absolute Gasteiger partial charge is 0.373 e. The Hall–Kier alpha value is -0.940. The van der Waals surface area contributed by atoms with Crippen LogP contribution in [0.3, 0.4) is 0 Å². The molecule has 2 aliphatic heterocycles. The van der Waals surface area contributed by atoms with Crippen LogP contribution in [0.25, 0.3) is 0 Å². The molecule has 3 heterocycles. The summed E-state index contributed by atoms with van der Waals surface area (Å²) in [5.41, 5.74) is 0. The van der Waals surface area contributed by atoms with E-state index in [-0.39, 0.29) is 6.10 Å². The first-order valence-corrected chi connectivity index (χ1v) is 6.80. The zero-order valence-electron chi connectivity index (χ0n) is 11.3. The molecule has 0 aliphatic carbocycles. The molecule has 18 heavy (non-hydrogen) atoms. The van der Waals surface area contributed by atoms with E-state index in [2.05, 4.69) is 28.9 Å². The van der Waals surface area contributed by atoms with Crippen molar-refractivity contribution in [1.29, 1.82) is 0 Å². The highest BCUT2D eigenvalue weighted by molar-refractivity contribution is 4.96. The van der Waals surface area contributed by atoms with Gasteiger partial charge in [0.05, 0.1) is 18.6 Å². The predicted octanol–water partition coefficient (Wildman–Crippen LogP) is 1.42. The van der Waals surface area contributed by atoms with Crippen LogP contribution >= 0.6 is 0 Å². The maximum absolute atomic E-state index is 6.11. The highest BCUT2D eigenvalue weighted by Gasteiger charge is 2.42. The van der Waals surface area contributed by atoms with Crippen molar-refractivity contribution in [2.75, 3.05) is 13.1 Å². The second-order valence-electron chi connectivity index (χ2n) is 5.78. The van der Waals surface area contributed by atoms with E-state index in [1.165, 1.54) is 6.54 Å². The van der Waals surface area contributed by atoms with Gasteiger partial charge in [-0.05, 0) is 27.2 Å². The number of ether oxygens (including phenoxy) is 1. The molecule has 0 unspecified atom stereocenters. The standard InChI is InChI=1S/C13H21N3O2/c1-8(2)16-6-10-4-11(17-12(10)7-16)5-13-14-9(3)15-18-13/h8,10-12H,4-7H2,1-3H3/t10-,11-,12+/m0/s1. The van der Waals surface area contributed by atoms with Crippen molar-refractivity contribution in [1.82, 2.24) is 15.0 Å². The summed E-state index contributed by atoms with van der Waals surface area (Å²) in [7, 11) is 0. The Balaban J connectivity index is 1.55. The maximum atomic E-state index is 6.11. The lowest BCUT2D eigenvalue weighted by Gasteiger charge is -2.22. The third kappa shape index (κ3) is 2.29. The highest BCUT2D eigenvalue weighted by Crippen LogP contribution is 2.34. The molecule has 0 aromatic carbocycles. The SMILES string of the molecule is Cc1noc(C[C@@H]2C[C@H]3CN(C(C)C)C[C@H]3O2)n1. The zero-order valence-corrected chi connectivity index (χ0v) is 11.3. The van der Waals surface area contributed by atoms with E-state index in [4.69, 9.17) is 9.26 Å². The van der Waals surface area contributed by atoms with Crippen molar-refractivity contribution < 1.29 is 9.26 Å². The Kier molecular flexibility index (Phi) is 3.11. The minimum Gasteiger partial charge on any atom is -0.373 e. The number of aryl methyl sites for hydroxylation is 1. The lowest BCUT2D eigenvalue weighted by Crippen LogP contribution is -2.31. The molecule has 5 heteroatoms. The zero-order chi connectivity index (χ0) is 12.7. The summed E-state index contributed by atoms with van der Waals surface area (Å²) in [6.45, 7) is 8.58. The molecule has 0 N–H and O–H groups in total. The van der Waals surface area contributed by atoms with Crippen LogP contribution in [0.1, 0.15) is 32.0 Å². The van der Waals surface area contributed by atoms with Gasteiger partial charge in [-0.1, -0.05) is 5.16 Å². The predicted molar refractivity (Wildman–Crippen MR) is 66.2 cm³/mol. The summed E-state index contributed by atoms with van der Waals surface area (Å²) in [6, 6.07) is 0.622. The summed E-state index contributed by atoms with van der Waals surface area (Å²) in [5.74, 6) is 2.09. The van der Waals surface area contributed by atoms with Gasteiger partial charge in [0, 0.05) is 25.0 Å². The molecule has 1 aromatic rings. The van der Waals surface area contributed by atoms with Crippen LogP contribution in [0.5, 0.6) is 0 Å². The monoisotopic (exact) mass is 251 g/mol. The van der Waals surface area contributed by atoms with Gasteiger partial charge in [-0.25, -0.2) is 0 Å². The summed E-state index contributed by atoms with van der Waals surface area (Å²) in [6.07, 6.45) is 2.54. The van der Waals surface area contributed by atoms with Gasteiger partial charge in [0.15, 0.2) is 5.82 Å². The van der Waals surface area contributed by atoms with E-state index in [0.717, 1.165) is 19.4 Å². The van der Waals surface area contributed by atoms with Gasteiger partial charge in [0.25, 0.3) is 0 Å². The summed E-state index contributed by atoms with van der Waals surface area (Å²) in [5, 5.41) is 3.82. The quantitative estimate of drug-likeness (QED) is 0.813. The van der Waals surface area contributed by atoms with E-state index in [9.17, 15) is 0 Å². The van der Waals surface area contributed by atoms with Crippen molar-refractivity contribution in [3.05, 3.63) is 11.7 Å². The van der Waals surface area contributed by atoms with Crippen molar-refractivity contribution in [3.8, 4) is 0 Å². The Morgan fingerprint density at radius 2 is 2.22 bits per heavy atom. The summed E-state index contributed by atoms with van der Waals surface area (Å²) >= 11 is 0. The highest BCUT2D eigenvalue weighted by atomic mass is 16.5. The first-order chi connectivity index (χ1) is 8.61. The number of likely N-dealkylation sites (tertiary alicyclic amines) is 1. The Bertz CT molecular complexity index is 404. The van der Waals surface area contributed by atoms with Crippen molar-refractivity contribution in [2.45, 2.75) is 51.9 Å². The van der Waals surface area contributed by atoms with Crippen LogP contribution in [-0.2, 0) is 11.2 Å². The molecule has 3 atom stereocenters. The van der Waals surface area contributed by atoms with E-state index in [1.54, 1.807) is 0 Å². The fraction of sp³-hybridized carbons (Fsp3) is 0.846. The number of nitrogens with zero attached hydrogens (tertiary/aromatic N) is 3. The van der Waals surface area contributed by atoms with Gasteiger partial charge in [0.2, 0.25) is 5.89 Å². The number of hydrogen-bond acceptors (Lipinski definition) is 5. The number of hydrogen-bond donors (Lipinski definition) is 0. The van der Waals surface area contributed by atoms with Crippen LogP contribution in [-0.4, -0.2) is 46.4 Å². The second kappa shape index (κ2) is 4.63. The van der Waals surface area contributed by atoms with Crippen LogP contribution in [0, 0.1) is 12.8 Å². The first-order valence-electron chi connectivity index (χ1n) is 6.80. The topological polar surface area (TPSA) is 51.4 Å². The van der Waals surface area contributed by atoms with Gasteiger partial charge >= 0.3 is 0 Å². The Morgan fingerprint density at radius 3 is 2.83 bits per heavy atom. The molecule has 0 bridgehead atoms. The molecule has 2 saturated heterocycles. The molecular formula is C13H21N3O2. The Morgan fingerprint density at radius 1 is 1.39 bits per heavy atom. The fourth-order valence-electron chi connectivity index (χ4n) is 3.07. The van der Waals surface area contributed by atoms with Crippen LogP contribution in [0.15, 0.2) is 4.52 Å². The van der Waals surface area contributed by atoms with E-state index in [1.807, 2.05) is 6.92 Å². The lowest BCUT2D eigenvalue weighted by atomic mass is 10.0. The fourth-order valence-corrected chi connectivity index (χ4v) is 3.07. The van der Waals surface area contributed by atoms with Crippen molar-refractivity contribution >= 4 is 0 Å². The average molecular weight is 251 g/mol. The van der Waals surface area contributed by atoms with E-state index >= 15 is 0 Å². The Labute approximate surface area is 107 Å². The summed E-state index contributed by atoms with van der Waals surface area (Å²) in [4.78, 5) is 6.75. The van der Waals surface area contributed by atoms with Crippen LogP contribution < -0.4 is 0 Å². The molecule has 3 rings (SSSR count). The third-order valence-electron chi connectivity index (χ3n) is 4.04. The number of aromatic nitrogens is 2. The van der Waals surface area contributed by atoms with E-state index in [0.29, 0.717) is 29.8 Å². The normalized spacial score (nSPS) is 32.3. The molecule has 100 valence electrons. The van der Waals surface area contributed by atoms with Crippen LogP contribution in [0.4, 0.5) is 0 Å². The van der Waals surface area contributed by atoms with Gasteiger partial charge in [-0.2, -0.15) is 4.98 Å². The van der Waals surface area contributed by atoms with Crippen molar-refractivity contribution in [3.63, 3.8) is 0 Å². The second-order valence-corrected chi connectivity index (χ2v) is 5.78. The minimum atomic E-state index is 0.258. The number of rotatable bonds is 3. The maximum Gasteiger partial charge on any atom is 0.229 e. The third-order valence-corrected chi connectivity index (χ3v) is 4.04. The number of fused-ring (bicyclic) bond motifs is 1. The van der Waals surface area contributed by atoms with Crippen molar-refractivity contribution in [2.24, 2.45) is 5.92 Å². The molecule has 1 aromatic heterocycles. The molecule has 0 saturated carbocycles. The summed E-state index contributed by atoms with van der Waals surface area (Å²) < 4.78 is 11.3. The molecule has 0 amide bonds. The van der Waals surface area contributed by atoms with Gasteiger partial charge < -0.3 is 9.26 Å².